The first-order valence-corrected chi connectivity index (χ1v) is 6.03. The van der Waals surface area contributed by atoms with E-state index in [0.29, 0.717) is 18.8 Å². The Morgan fingerprint density at radius 3 is 2.89 bits per heavy atom. The molecule has 1 aromatic rings. The van der Waals surface area contributed by atoms with Crippen LogP contribution >= 0.6 is 0 Å². The lowest BCUT2D eigenvalue weighted by Gasteiger charge is -2.33. The molecule has 1 N–H and O–H groups in total. The number of nitro groups is 1. The summed E-state index contributed by atoms with van der Waals surface area (Å²) < 4.78 is 18.5. The van der Waals surface area contributed by atoms with Crippen LogP contribution in [0.5, 0.6) is 5.75 Å². The molecule has 6 nitrogen and oxygen atoms in total. The largest absolute Gasteiger partial charge is 0.494 e. The number of rotatable bonds is 3. The minimum Gasteiger partial charge on any atom is -0.494 e. The van der Waals surface area contributed by atoms with E-state index in [0.717, 1.165) is 12.6 Å². The number of methoxy groups -OCH3 is 1. The Hall–Kier alpha value is -1.89. The molecule has 0 aromatic heterocycles. The standard InChI is InChI=1S/C12H16FN3O3/c1-8-7-15(4-3-14-8)10-6-12(19-2)9(13)5-11(10)16(17)18/h5-6,8,14H,3-4,7H2,1-2H3/t8-/m0/s1. The van der Waals surface area contributed by atoms with Crippen molar-refractivity contribution < 1.29 is 14.1 Å². The second kappa shape index (κ2) is 5.40. The van der Waals surface area contributed by atoms with Gasteiger partial charge < -0.3 is 15.0 Å². The molecule has 0 aliphatic carbocycles. The molecule has 1 heterocycles. The zero-order chi connectivity index (χ0) is 14.0. The molecule has 0 spiro atoms. The van der Waals surface area contributed by atoms with Gasteiger partial charge in [-0.05, 0) is 6.92 Å². The summed E-state index contributed by atoms with van der Waals surface area (Å²) in [5.41, 5.74) is 0.170. The van der Waals surface area contributed by atoms with Crippen LogP contribution in [0, 0.1) is 15.9 Å². The van der Waals surface area contributed by atoms with E-state index < -0.39 is 10.7 Å². The molecule has 0 saturated carbocycles. The van der Waals surface area contributed by atoms with Gasteiger partial charge in [-0.1, -0.05) is 0 Å². The number of nitro benzene ring substituents is 1. The van der Waals surface area contributed by atoms with Gasteiger partial charge in [-0.25, -0.2) is 4.39 Å². The Labute approximate surface area is 110 Å². The molecule has 104 valence electrons. The van der Waals surface area contributed by atoms with Gasteiger partial charge in [-0.3, -0.25) is 10.1 Å². The first-order valence-electron chi connectivity index (χ1n) is 6.03. The third-order valence-electron chi connectivity index (χ3n) is 3.16. The average molecular weight is 269 g/mol. The third kappa shape index (κ3) is 2.76. The zero-order valence-corrected chi connectivity index (χ0v) is 10.9. The van der Waals surface area contributed by atoms with Gasteiger partial charge in [0.15, 0.2) is 11.6 Å². The average Bonchev–Trinajstić information content (AvgIpc) is 2.38. The van der Waals surface area contributed by atoms with Crippen LogP contribution in [-0.4, -0.2) is 37.7 Å². The number of hydrogen-bond donors (Lipinski definition) is 1. The van der Waals surface area contributed by atoms with Gasteiger partial charge in [0.05, 0.1) is 18.1 Å². The summed E-state index contributed by atoms with van der Waals surface area (Å²) in [6.45, 7) is 4.01. The van der Waals surface area contributed by atoms with Crippen LogP contribution in [0.1, 0.15) is 6.92 Å². The Bertz CT molecular complexity index is 495. The fourth-order valence-electron chi connectivity index (χ4n) is 2.24. The van der Waals surface area contributed by atoms with Gasteiger partial charge in [0, 0.05) is 31.7 Å². The summed E-state index contributed by atoms with van der Waals surface area (Å²) in [5, 5.41) is 14.3. The highest BCUT2D eigenvalue weighted by atomic mass is 19.1. The summed E-state index contributed by atoms with van der Waals surface area (Å²) in [4.78, 5) is 12.4. The van der Waals surface area contributed by atoms with Crippen LogP contribution < -0.4 is 15.0 Å². The van der Waals surface area contributed by atoms with Crippen LogP contribution in [0.2, 0.25) is 0 Å². The molecule has 1 fully saturated rings. The van der Waals surface area contributed by atoms with Crippen molar-refractivity contribution in [1.29, 1.82) is 0 Å². The van der Waals surface area contributed by atoms with Gasteiger partial charge >= 0.3 is 0 Å². The minimum atomic E-state index is -0.721. The van der Waals surface area contributed by atoms with Crippen molar-refractivity contribution in [1.82, 2.24) is 5.32 Å². The molecular formula is C12H16FN3O3. The van der Waals surface area contributed by atoms with Crippen LogP contribution in [0.3, 0.4) is 0 Å². The van der Waals surface area contributed by atoms with Crippen LogP contribution in [0.4, 0.5) is 15.8 Å². The van der Waals surface area contributed by atoms with Crippen molar-refractivity contribution in [2.24, 2.45) is 0 Å². The number of ether oxygens (including phenoxy) is 1. The molecular weight excluding hydrogens is 253 g/mol. The number of anilines is 1. The molecule has 1 aliphatic heterocycles. The number of nitrogens with one attached hydrogen (secondary N) is 1. The minimum absolute atomic E-state index is 0.0202. The molecule has 0 radical (unpaired) electrons. The van der Waals surface area contributed by atoms with Gasteiger partial charge in [0.1, 0.15) is 5.69 Å². The maximum Gasteiger partial charge on any atom is 0.295 e. The second-order valence-corrected chi connectivity index (χ2v) is 4.53. The van der Waals surface area contributed by atoms with Crippen LogP contribution in [-0.2, 0) is 0 Å². The Kier molecular flexibility index (Phi) is 3.84. The van der Waals surface area contributed by atoms with Gasteiger partial charge in [0.25, 0.3) is 5.69 Å². The predicted octanol–water partition coefficient (Wildman–Crippen LogP) is 1.54. The topological polar surface area (TPSA) is 67.6 Å². The normalized spacial score (nSPS) is 19.3. The fraction of sp³-hybridized carbons (Fsp3) is 0.500. The molecule has 2 rings (SSSR count). The quantitative estimate of drug-likeness (QED) is 0.666. The number of piperazine rings is 1. The molecule has 1 aromatic carbocycles. The number of nitrogens with zero attached hydrogens (tertiary/aromatic N) is 2. The van der Waals surface area contributed by atoms with E-state index in [1.165, 1.54) is 13.2 Å². The summed E-state index contributed by atoms with van der Waals surface area (Å²) >= 11 is 0. The maximum absolute atomic E-state index is 13.6. The first-order chi connectivity index (χ1) is 9.02. The first kappa shape index (κ1) is 13.5. The molecule has 0 bridgehead atoms. The van der Waals surface area contributed by atoms with Crippen molar-refractivity contribution in [3.63, 3.8) is 0 Å². The number of halogens is 1. The van der Waals surface area contributed by atoms with E-state index in [1.807, 2.05) is 11.8 Å². The molecule has 1 aliphatic rings. The van der Waals surface area contributed by atoms with Crippen molar-refractivity contribution in [2.75, 3.05) is 31.6 Å². The lowest BCUT2D eigenvalue weighted by molar-refractivity contribution is -0.384. The van der Waals surface area contributed by atoms with E-state index in [-0.39, 0.29) is 17.5 Å². The highest BCUT2D eigenvalue weighted by Gasteiger charge is 2.26. The second-order valence-electron chi connectivity index (χ2n) is 4.53. The van der Waals surface area contributed by atoms with E-state index in [2.05, 4.69) is 5.32 Å². The van der Waals surface area contributed by atoms with Crippen molar-refractivity contribution >= 4 is 11.4 Å². The van der Waals surface area contributed by atoms with Crippen molar-refractivity contribution in [3.05, 3.63) is 28.1 Å². The third-order valence-corrected chi connectivity index (χ3v) is 3.16. The highest BCUT2D eigenvalue weighted by molar-refractivity contribution is 5.66. The number of benzene rings is 1. The zero-order valence-electron chi connectivity index (χ0n) is 10.9. The van der Waals surface area contributed by atoms with Gasteiger partial charge in [0.2, 0.25) is 0 Å². The van der Waals surface area contributed by atoms with Crippen LogP contribution in [0.25, 0.3) is 0 Å². The summed E-state index contributed by atoms with van der Waals surface area (Å²) in [5.74, 6) is -0.701. The number of hydrogen-bond acceptors (Lipinski definition) is 5. The van der Waals surface area contributed by atoms with E-state index in [4.69, 9.17) is 4.74 Å². The summed E-state index contributed by atoms with van der Waals surface area (Å²) in [6.07, 6.45) is 0. The van der Waals surface area contributed by atoms with Gasteiger partial charge in [-0.15, -0.1) is 0 Å². The highest BCUT2D eigenvalue weighted by Crippen LogP contribution is 2.34. The van der Waals surface area contributed by atoms with Gasteiger partial charge in [-0.2, -0.15) is 0 Å². The molecule has 1 saturated heterocycles. The lowest BCUT2D eigenvalue weighted by Crippen LogP contribution is -2.49. The lowest BCUT2D eigenvalue weighted by atomic mass is 10.1. The SMILES string of the molecule is COc1cc(N2CCN[C@@H](C)C2)c([N+](=O)[O-])cc1F. The molecule has 0 unspecified atom stereocenters. The fourth-order valence-corrected chi connectivity index (χ4v) is 2.24. The predicted molar refractivity (Wildman–Crippen MR) is 69.3 cm³/mol. The van der Waals surface area contributed by atoms with E-state index in [9.17, 15) is 14.5 Å². The Balaban J connectivity index is 2.44. The molecule has 0 amide bonds. The Morgan fingerprint density at radius 1 is 1.58 bits per heavy atom. The van der Waals surface area contributed by atoms with Crippen molar-refractivity contribution in [2.45, 2.75) is 13.0 Å². The maximum atomic E-state index is 13.6. The molecule has 7 heteroatoms. The summed E-state index contributed by atoms with van der Waals surface area (Å²) in [7, 11) is 1.34. The summed E-state index contributed by atoms with van der Waals surface area (Å²) in [6, 6.07) is 2.54. The van der Waals surface area contributed by atoms with E-state index >= 15 is 0 Å². The smallest absolute Gasteiger partial charge is 0.295 e. The van der Waals surface area contributed by atoms with E-state index in [1.54, 1.807) is 0 Å². The van der Waals surface area contributed by atoms with Crippen LogP contribution in [0.15, 0.2) is 12.1 Å². The Morgan fingerprint density at radius 2 is 2.32 bits per heavy atom. The monoisotopic (exact) mass is 269 g/mol. The van der Waals surface area contributed by atoms with Crippen molar-refractivity contribution in [3.8, 4) is 5.75 Å². The molecule has 1 atom stereocenters. The molecule has 19 heavy (non-hydrogen) atoms.